The van der Waals surface area contributed by atoms with Crippen LogP contribution >= 0.6 is 0 Å². The fourth-order valence-electron chi connectivity index (χ4n) is 0.815. The molecule has 1 nitrogen and oxygen atoms in total. The topological polar surface area (TPSA) is 23.9 Å². The summed E-state index contributed by atoms with van der Waals surface area (Å²) in [7, 11) is 0. The van der Waals surface area contributed by atoms with E-state index >= 15 is 0 Å². The van der Waals surface area contributed by atoms with E-state index in [9.17, 15) is 0 Å². The van der Waals surface area contributed by atoms with E-state index in [1.807, 2.05) is 0 Å². The van der Waals surface area contributed by atoms with Crippen LogP contribution in [-0.2, 0) is 0 Å². The van der Waals surface area contributed by atoms with Gasteiger partial charge in [0.25, 0.3) is 0 Å². The third kappa shape index (κ3) is 3.08. The van der Waals surface area contributed by atoms with Crippen molar-refractivity contribution in [3.63, 3.8) is 0 Å². The van der Waals surface area contributed by atoms with Gasteiger partial charge in [0.15, 0.2) is 0 Å². The lowest BCUT2D eigenvalue weighted by Crippen LogP contribution is -1.92. The minimum Gasteiger partial charge on any atom is -0.300 e. The Labute approximate surface area is 86.0 Å². The second kappa shape index (κ2) is 4.41. The molecule has 1 aromatic rings. The van der Waals surface area contributed by atoms with Gasteiger partial charge in [0.1, 0.15) is 0 Å². The van der Waals surface area contributed by atoms with Crippen LogP contribution in [0.25, 0.3) is 0 Å². The molecular formula is C12H13N. The van der Waals surface area contributed by atoms with Crippen molar-refractivity contribution in [3.8, 4) is 0 Å². The van der Waals surface area contributed by atoms with E-state index < -0.39 is 24.5 Å². The molecule has 0 heterocycles. The van der Waals surface area contributed by atoms with E-state index in [1.165, 1.54) is 0 Å². The molecule has 0 aliphatic heterocycles. The minimum atomic E-state index is -2.51. The highest BCUT2D eigenvalue weighted by molar-refractivity contribution is 6.06. The van der Waals surface area contributed by atoms with Crippen LogP contribution in [-0.4, -0.2) is 5.71 Å². The molecule has 0 aliphatic carbocycles. The highest BCUT2D eigenvalue weighted by Gasteiger charge is 1.93. The SMILES string of the molecule is [2H]/C(C(=C)C([2H])([2H])[2H])=C(\[2H])C(=N)c1ccccc1. The summed E-state index contributed by atoms with van der Waals surface area (Å²) in [5, 5.41) is 7.77. The predicted molar refractivity (Wildman–Crippen MR) is 57.2 cm³/mol. The Bertz CT molecular complexity index is 499. The van der Waals surface area contributed by atoms with Gasteiger partial charge in [-0.05, 0) is 18.5 Å². The Kier molecular flexibility index (Phi) is 1.55. The number of nitrogens with one attached hydrogen (secondary N) is 1. The Morgan fingerprint density at radius 3 is 2.77 bits per heavy atom. The van der Waals surface area contributed by atoms with Gasteiger partial charge in [-0.25, -0.2) is 0 Å². The summed E-state index contributed by atoms with van der Waals surface area (Å²) < 4.78 is 36.7. The summed E-state index contributed by atoms with van der Waals surface area (Å²) in [4.78, 5) is 0. The second-order valence-electron chi connectivity index (χ2n) is 2.47. The van der Waals surface area contributed by atoms with E-state index in [2.05, 4.69) is 6.58 Å². The molecule has 0 amide bonds. The maximum absolute atomic E-state index is 7.77. The molecule has 1 rings (SSSR count). The molecule has 0 aromatic heterocycles. The van der Waals surface area contributed by atoms with Gasteiger partial charge in [-0.15, -0.1) is 0 Å². The molecule has 0 unspecified atom stereocenters. The Morgan fingerprint density at radius 1 is 1.46 bits per heavy atom. The zero-order chi connectivity index (χ0) is 13.9. The van der Waals surface area contributed by atoms with Crippen LogP contribution in [0.3, 0.4) is 0 Å². The zero-order valence-corrected chi connectivity index (χ0v) is 7.09. The first kappa shape index (κ1) is 4.56. The number of rotatable bonds is 3. The first-order chi connectivity index (χ1) is 8.25. The Hall–Kier alpha value is -1.63. The summed E-state index contributed by atoms with van der Waals surface area (Å²) in [6.45, 7) is 0.785. The molecule has 0 saturated carbocycles. The number of allylic oxidation sites excluding steroid dienone is 3. The first-order valence-electron chi connectivity index (χ1n) is 6.26. The van der Waals surface area contributed by atoms with Crippen LogP contribution in [0.2, 0.25) is 0 Å². The maximum Gasteiger partial charge on any atom is 0.0646 e. The lowest BCUT2D eigenvalue weighted by molar-refractivity contribution is 1.48. The molecule has 1 aromatic carbocycles. The molecule has 66 valence electrons. The van der Waals surface area contributed by atoms with E-state index in [1.54, 1.807) is 30.3 Å². The van der Waals surface area contributed by atoms with Crippen molar-refractivity contribution in [1.29, 1.82) is 5.41 Å². The third-order valence-electron chi connectivity index (χ3n) is 1.40. The molecule has 0 aliphatic rings. The van der Waals surface area contributed by atoms with Gasteiger partial charge in [-0.2, -0.15) is 0 Å². The molecule has 0 bridgehead atoms. The van der Waals surface area contributed by atoms with E-state index in [4.69, 9.17) is 12.3 Å². The zero-order valence-electron chi connectivity index (χ0n) is 12.1. The molecule has 0 spiro atoms. The Balaban J connectivity index is 3.10. The number of hydrogen-bond donors (Lipinski definition) is 1. The molecule has 0 radical (unpaired) electrons. The quantitative estimate of drug-likeness (QED) is 0.540. The second-order valence-corrected chi connectivity index (χ2v) is 2.47. The molecule has 0 atom stereocenters. The van der Waals surface area contributed by atoms with Crippen molar-refractivity contribution < 1.29 is 6.85 Å². The van der Waals surface area contributed by atoms with Crippen LogP contribution in [0.5, 0.6) is 0 Å². The van der Waals surface area contributed by atoms with Crippen LogP contribution in [0, 0.1) is 5.41 Å². The Morgan fingerprint density at radius 2 is 2.15 bits per heavy atom. The average molecular weight is 176 g/mol. The molecule has 0 saturated heterocycles. The van der Waals surface area contributed by atoms with Gasteiger partial charge < -0.3 is 5.41 Å². The molecule has 1 N–H and O–H groups in total. The summed E-state index contributed by atoms with van der Waals surface area (Å²) in [5.41, 5.74) is -0.148. The van der Waals surface area contributed by atoms with Crippen molar-refractivity contribution in [2.45, 2.75) is 6.85 Å². The van der Waals surface area contributed by atoms with Crippen molar-refractivity contribution in [2.75, 3.05) is 0 Å². The highest BCUT2D eigenvalue weighted by Crippen LogP contribution is 2.01. The van der Waals surface area contributed by atoms with Crippen molar-refractivity contribution in [2.24, 2.45) is 0 Å². The standard InChI is InChI=1S/C12H13N/c1-10(2)8-9-12(13)11-6-4-3-5-7-11/h3-9,13H,1H2,2H3/b9-8-,13-12?/i2D3,8D,9D. The number of hydrogen-bond acceptors (Lipinski definition) is 1. The van der Waals surface area contributed by atoms with Gasteiger partial charge in [-0.3, -0.25) is 0 Å². The van der Waals surface area contributed by atoms with E-state index in [-0.39, 0.29) is 5.71 Å². The van der Waals surface area contributed by atoms with Crippen LogP contribution < -0.4 is 0 Å². The predicted octanol–water partition coefficient (Wildman–Crippen LogP) is 3.19. The van der Waals surface area contributed by atoms with Gasteiger partial charge >= 0.3 is 0 Å². The van der Waals surface area contributed by atoms with Crippen LogP contribution in [0.4, 0.5) is 0 Å². The molecular weight excluding hydrogens is 158 g/mol. The lowest BCUT2D eigenvalue weighted by atomic mass is 10.1. The summed E-state index contributed by atoms with van der Waals surface area (Å²) >= 11 is 0. The number of benzene rings is 1. The van der Waals surface area contributed by atoms with Gasteiger partial charge in [-0.1, -0.05) is 48.5 Å². The highest BCUT2D eigenvalue weighted by atomic mass is 14.4. The van der Waals surface area contributed by atoms with E-state index in [0.717, 1.165) is 0 Å². The normalized spacial score (nSPS) is 18.3. The maximum atomic E-state index is 7.77. The van der Waals surface area contributed by atoms with Crippen molar-refractivity contribution >= 4 is 5.71 Å². The third-order valence-corrected chi connectivity index (χ3v) is 1.40. The monoisotopic (exact) mass is 176 g/mol. The fourth-order valence-corrected chi connectivity index (χ4v) is 0.815. The fraction of sp³-hybridized carbons (Fsp3) is 0.0833. The van der Waals surface area contributed by atoms with Crippen LogP contribution in [0.15, 0.2) is 54.6 Å². The van der Waals surface area contributed by atoms with Crippen molar-refractivity contribution in [1.82, 2.24) is 0 Å². The largest absolute Gasteiger partial charge is 0.300 e. The van der Waals surface area contributed by atoms with E-state index in [0.29, 0.717) is 5.56 Å². The smallest absolute Gasteiger partial charge is 0.0646 e. The van der Waals surface area contributed by atoms with Gasteiger partial charge in [0.05, 0.1) is 8.45 Å². The summed E-state index contributed by atoms with van der Waals surface area (Å²) in [5.74, 6) is 0. The van der Waals surface area contributed by atoms with Gasteiger partial charge in [0.2, 0.25) is 0 Å². The molecule has 0 fully saturated rings. The lowest BCUT2D eigenvalue weighted by Gasteiger charge is -1.96. The molecule has 1 heteroatoms. The average Bonchev–Trinajstić information content (AvgIpc) is 2.35. The minimum absolute atomic E-state index is 0.189. The summed E-state index contributed by atoms with van der Waals surface area (Å²) in [6.07, 6.45) is 0. The molecule has 13 heavy (non-hydrogen) atoms. The van der Waals surface area contributed by atoms with Gasteiger partial charge in [0, 0.05) is 4.11 Å². The summed E-state index contributed by atoms with van der Waals surface area (Å²) in [6, 6.07) is 7.47. The van der Waals surface area contributed by atoms with Crippen LogP contribution in [0.1, 0.15) is 19.3 Å². The first-order valence-corrected chi connectivity index (χ1v) is 3.76. The van der Waals surface area contributed by atoms with Crippen molar-refractivity contribution in [3.05, 3.63) is 60.2 Å².